The number of aromatic nitrogens is 3. The Hall–Kier alpha value is -1.68. The molecule has 1 heterocycles. The molecular weight excluding hydrogens is 224 g/mol. The molecule has 0 saturated carbocycles. The first kappa shape index (κ1) is 12.8. The van der Waals surface area contributed by atoms with Crippen LogP contribution in [0.15, 0.2) is 30.5 Å². The lowest BCUT2D eigenvalue weighted by atomic mass is 9.93. The van der Waals surface area contributed by atoms with E-state index in [0.29, 0.717) is 12.5 Å². The summed E-state index contributed by atoms with van der Waals surface area (Å²) in [6.07, 6.45) is 3.85. The minimum atomic E-state index is 0.419. The fraction of sp³-hybridized carbons (Fsp3) is 0.429. The SMILES string of the molecule is Cc1ccccc1CC(CN)Cc1cn(C)nn1. The average Bonchev–Trinajstić information content (AvgIpc) is 2.76. The predicted molar refractivity (Wildman–Crippen MR) is 72.1 cm³/mol. The van der Waals surface area contributed by atoms with Crippen LogP contribution < -0.4 is 5.73 Å². The Bertz CT molecular complexity index is 504. The third-order valence-corrected chi connectivity index (χ3v) is 3.25. The van der Waals surface area contributed by atoms with Gasteiger partial charge < -0.3 is 5.73 Å². The molecule has 0 aliphatic rings. The average molecular weight is 244 g/mol. The molecule has 1 unspecified atom stereocenters. The summed E-state index contributed by atoms with van der Waals surface area (Å²) >= 11 is 0. The van der Waals surface area contributed by atoms with Crippen LogP contribution in [0.3, 0.4) is 0 Å². The number of hydrogen-bond donors (Lipinski definition) is 1. The summed E-state index contributed by atoms with van der Waals surface area (Å²) in [5.41, 5.74) is 9.59. The molecule has 0 aliphatic heterocycles. The van der Waals surface area contributed by atoms with Crippen molar-refractivity contribution in [1.82, 2.24) is 15.0 Å². The van der Waals surface area contributed by atoms with Crippen molar-refractivity contribution in [3.8, 4) is 0 Å². The molecule has 0 spiro atoms. The van der Waals surface area contributed by atoms with Gasteiger partial charge in [0.15, 0.2) is 0 Å². The quantitative estimate of drug-likeness (QED) is 0.866. The normalized spacial score (nSPS) is 12.6. The minimum absolute atomic E-state index is 0.419. The van der Waals surface area contributed by atoms with Crippen molar-refractivity contribution in [2.24, 2.45) is 18.7 Å². The first-order valence-corrected chi connectivity index (χ1v) is 6.29. The fourth-order valence-electron chi connectivity index (χ4n) is 2.17. The number of aryl methyl sites for hydroxylation is 2. The van der Waals surface area contributed by atoms with Crippen molar-refractivity contribution in [3.05, 3.63) is 47.3 Å². The zero-order valence-electron chi connectivity index (χ0n) is 11.0. The second-order valence-corrected chi connectivity index (χ2v) is 4.82. The summed E-state index contributed by atoms with van der Waals surface area (Å²) in [6.45, 7) is 2.82. The summed E-state index contributed by atoms with van der Waals surface area (Å²) in [5.74, 6) is 0.419. The van der Waals surface area contributed by atoms with Crippen LogP contribution in [0.1, 0.15) is 16.8 Å². The molecule has 0 aliphatic carbocycles. The first-order chi connectivity index (χ1) is 8.69. The monoisotopic (exact) mass is 244 g/mol. The van der Waals surface area contributed by atoms with Crippen LogP contribution in [-0.4, -0.2) is 21.5 Å². The van der Waals surface area contributed by atoms with Crippen LogP contribution in [-0.2, 0) is 19.9 Å². The highest BCUT2D eigenvalue weighted by atomic mass is 15.4. The lowest BCUT2D eigenvalue weighted by Crippen LogP contribution is -2.20. The van der Waals surface area contributed by atoms with Gasteiger partial charge in [0, 0.05) is 13.2 Å². The molecule has 1 aromatic heterocycles. The molecular formula is C14H20N4. The number of rotatable bonds is 5. The van der Waals surface area contributed by atoms with Gasteiger partial charge in [-0.1, -0.05) is 29.5 Å². The van der Waals surface area contributed by atoms with Crippen molar-refractivity contribution in [3.63, 3.8) is 0 Å². The highest BCUT2D eigenvalue weighted by Crippen LogP contribution is 2.15. The Balaban J connectivity index is 2.04. The molecule has 4 nitrogen and oxygen atoms in total. The number of nitrogens with zero attached hydrogens (tertiary/aromatic N) is 3. The van der Waals surface area contributed by atoms with E-state index in [4.69, 9.17) is 5.73 Å². The number of benzene rings is 1. The summed E-state index contributed by atoms with van der Waals surface area (Å²) in [7, 11) is 1.88. The van der Waals surface area contributed by atoms with Crippen molar-refractivity contribution < 1.29 is 0 Å². The summed E-state index contributed by atoms with van der Waals surface area (Å²) < 4.78 is 1.73. The second-order valence-electron chi connectivity index (χ2n) is 4.82. The molecule has 4 heteroatoms. The van der Waals surface area contributed by atoms with Crippen molar-refractivity contribution in [2.75, 3.05) is 6.54 Å². The Kier molecular flexibility index (Phi) is 4.10. The van der Waals surface area contributed by atoms with Crippen LogP contribution in [0.4, 0.5) is 0 Å². The third-order valence-electron chi connectivity index (χ3n) is 3.25. The molecule has 0 radical (unpaired) electrons. The smallest absolute Gasteiger partial charge is 0.0830 e. The third kappa shape index (κ3) is 3.17. The zero-order chi connectivity index (χ0) is 13.0. The molecule has 96 valence electrons. The lowest BCUT2D eigenvalue weighted by Gasteiger charge is -2.14. The van der Waals surface area contributed by atoms with E-state index in [1.54, 1.807) is 4.68 Å². The highest BCUT2D eigenvalue weighted by Gasteiger charge is 2.12. The number of nitrogens with two attached hydrogens (primary N) is 1. The van der Waals surface area contributed by atoms with Crippen LogP contribution >= 0.6 is 0 Å². The zero-order valence-corrected chi connectivity index (χ0v) is 11.0. The molecule has 2 rings (SSSR count). The Morgan fingerprint density at radius 3 is 2.67 bits per heavy atom. The maximum Gasteiger partial charge on any atom is 0.0830 e. The molecule has 1 aromatic carbocycles. The Labute approximate surface area is 108 Å². The van der Waals surface area contributed by atoms with Gasteiger partial charge in [-0.25, -0.2) is 0 Å². The summed E-state index contributed by atoms with van der Waals surface area (Å²) in [5, 5.41) is 8.08. The van der Waals surface area contributed by atoms with Gasteiger partial charge in [0.1, 0.15) is 0 Å². The van der Waals surface area contributed by atoms with Gasteiger partial charge >= 0.3 is 0 Å². The van der Waals surface area contributed by atoms with Gasteiger partial charge in [-0.3, -0.25) is 4.68 Å². The van der Waals surface area contributed by atoms with Crippen molar-refractivity contribution >= 4 is 0 Å². The van der Waals surface area contributed by atoms with Gasteiger partial charge in [-0.2, -0.15) is 0 Å². The maximum absolute atomic E-state index is 5.87. The van der Waals surface area contributed by atoms with Gasteiger partial charge in [0.05, 0.1) is 5.69 Å². The molecule has 1 atom stereocenters. The van der Waals surface area contributed by atoms with Gasteiger partial charge in [0.25, 0.3) is 0 Å². The van der Waals surface area contributed by atoms with Crippen molar-refractivity contribution in [1.29, 1.82) is 0 Å². The second kappa shape index (κ2) is 5.78. The van der Waals surface area contributed by atoms with Gasteiger partial charge in [-0.15, -0.1) is 5.10 Å². The van der Waals surface area contributed by atoms with Gasteiger partial charge in [-0.05, 0) is 43.4 Å². The number of hydrogen-bond acceptors (Lipinski definition) is 3. The molecule has 0 fully saturated rings. The first-order valence-electron chi connectivity index (χ1n) is 6.29. The Morgan fingerprint density at radius 2 is 2.06 bits per heavy atom. The lowest BCUT2D eigenvalue weighted by molar-refractivity contribution is 0.525. The summed E-state index contributed by atoms with van der Waals surface area (Å²) in [6, 6.07) is 8.47. The molecule has 2 N–H and O–H groups in total. The van der Waals surface area contributed by atoms with Crippen LogP contribution in [0.5, 0.6) is 0 Å². The molecule has 0 amide bonds. The van der Waals surface area contributed by atoms with Gasteiger partial charge in [0.2, 0.25) is 0 Å². The summed E-state index contributed by atoms with van der Waals surface area (Å²) in [4.78, 5) is 0. The van der Waals surface area contributed by atoms with E-state index >= 15 is 0 Å². The largest absolute Gasteiger partial charge is 0.330 e. The topological polar surface area (TPSA) is 56.7 Å². The van der Waals surface area contributed by atoms with E-state index in [1.807, 2.05) is 13.2 Å². The molecule has 18 heavy (non-hydrogen) atoms. The Morgan fingerprint density at radius 1 is 1.28 bits per heavy atom. The molecule has 2 aromatic rings. The van der Waals surface area contributed by atoms with E-state index in [1.165, 1.54) is 11.1 Å². The van der Waals surface area contributed by atoms with E-state index in [-0.39, 0.29) is 0 Å². The van der Waals surface area contributed by atoms with Crippen LogP contribution in [0.25, 0.3) is 0 Å². The maximum atomic E-state index is 5.87. The van der Waals surface area contributed by atoms with Crippen LogP contribution in [0, 0.1) is 12.8 Å². The fourth-order valence-corrected chi connectivity index (χ4v) is 2.17. The minimum Gasteiger partial charge on any atom is -0.330 e. The van der Waals surface area contributed by atoms with E-state index in [0.717, 1.165) is 18.5 Å². The van der Waals surface area contributed by atoms with Crippen LogP contribution in [0.2, 0.25) is 0 Å². The van der Waals surface area contributed by atoms with Crippen molar-refractivity contribution in [2.45, 2.75) is 19.8 Å². The highest BCUT2D eigenvalue weighted by molar-refractivity contribution is 5.26. The molecule has 0 saturated heterocycles. The van der Waals surface area contributed by atoms with E-state index in [9.17, 15) is 0 Å². The predicted octanol–water partition coefficient (Wildman–Crippen LogP) is 1.48. The standard InChI is InChI=1S/C14H20N4/c1-11-5-3-4-6-13(11)7-12(9-15)8-14-10-18(2)17-16-14/h3-6,10,12H,7-9,15H2,1-2H3. The molecule has 0 bridgehead atoms. The van der Waals surface area contributed by atoms with E-state index in [2.05, 4.69) is 41.5 Å². The van der Waals surface area contributed by atoms with E-state index < -0.39 is 0 Å².